The Bertz CT molecular complexity index is 452. The monoisotopic (exact) mass is 172 g/mol. The van der Waals surface area contributed by atoms with E-state index in [1.54, 1.807) is 16.9 Å². The molecule has 0 aliphatic carbocycles. The Morgan fingerprint density at radius 3 is 3.31 bits per heavy atom. The molecule has 2 aromatic heterocycles. The lowest BCUT2D eigenvalue weighted by molar-refractivity contribution is 0.893. The van der Waals surface area contributed by atoms with Crippen LogP contribution in [0.4, 0.5) is 0 Å². The molecule has 0 amide bonds. The molecular weight excluding hydrogens is 164 g/mol. The van der Waals surface area contributed by atoms with E-state index in [-0.39, 0.29) is 0 Å². The molecule has 0 bridgehead atoms. The van der Waals surface area contributed by atoms with Crippen LogP contribution in [0, 0.1) is 11.3 Å². The van der Waals surface area contributed by atoms with Gasteiger partial charge in [0.05, 0.1) is 12.3 Å². The highest BCUT2D eigenvalue weighted by Gasteiger charge is 1.97. The van der Waals surface area contributed by atoms with Crippen molar-refractivity contribution in [3.05, 3.63) is 30.2 Å². The average molecular weight is 172 g/mol. The van der Waals surface area contributed by atoms with Gasteiger partial charge < -0.3 is 0 Å². The van der Waals surface area contributed by atoms with Crippen LogP contribution in [0.5, 0.6) is 0 Å². The van der Waals surface area contributed by atoms with E-state index in [4.69, 9.17) is 5.26 Å². The van der Waals surface area contributed by atoms with Crippen molar-refractivity contribution < 1.29 is 0 Å². The van der Waals surface area contributed by atoms with E-state index in [1.807, 2.05) is 12.3 Å². The third-order valence-corrected chi connectivity index (χ3v) is 1.83. The van der Waals surface area contributed by atoms with E-state index >= 15 is 0 Å². The molecule has 0 atom stereocenters. The molecule has 0 saturated carbocycles. The smallest absolute Gasteiger partial charge is 0.154 e. The van der Waals surface area contributed by atoms with Gasteiger partial charge in [0.25, 0.3) is 0 Å². The molecule has 4 nitrogen and oxygen atoms in total. The summed E-state index contributed by atoms with van der Waals surface area (Å²) in [5.41, 5.74) is 1.87. The molecule has 0 N–H and O–H groups in total. The van der Waals surface area contributed by atoms with Crippen LogP contribution in [0.1, 0.15) is 12.0 Å². The van der Waals surface area contributed by atoms with E-state index < -0.39 is 0 Å². The number of hydrogen-bond acceptors (Lipinski definition) is 3. The summed E-state index contributed by atoms with van der Waals surface area (Å²) >= 11 is 0. The maximum atomic E-state index is 8.41. The van der Waals surface area contributed by atoms with Gasteiger partial charge in [0.2, 0.25) is 0 Å². The van der Waals surface area contributed by atoms with E-state index in [2.05, 4.69) is 16.2 Å². The molecule has 0 saturated heterocycles. The van der Waals surface area contributed by atoms with Crippen molar-refractivity contribution in [3.8, 4) is 6.07 Å². The van der Waals surface area contributed by atoms with E-state index in [0.717, 1.165) is 17.6 Å². The molecule has 0 aliphatic heterocycles. The normalized spacial score (nSPS) is 10.1. The number of aryl methyl sites for hydroxylation is 1. The standard InChI is InChI=1S/C9H8N4/c10-4-1-2-8-6-11-9-3-5-12-13(9)7-8/h3,5-7H,1-2H2. The van der Waals surface area contributed by atoms with Gasteiger partial charge in [-0.1, -0.05) is 0 Å². The lowest BCUT2D eigenvalue weighted by atomic mass is 10.2. The minimum Gasteiger partial charge on any atom is -0.237 e. The number of rotatable bonds is 2. The zero-order chi connectivity index (χ0) is 9.10. The van der Waals surface area contributed by atoms with Gasteiger partial charge in [-0.2, -0.15) is 10.4 Å². The largest absolute Gasteiger partial charge is 0.237 e. The maximum absolute atomic E-state index is 8.41. The molecule has 4 heteroatoms. The fourth-order valence-electron chi connectivity index (χ4n) is 1.18. The van der Waals surface area contributed by atoms with Gasteiger partial charge in [-0.3, -0.25) is 0 Å². The van der Waals surface area contributed by atoms with Crippen LogP contribution in [0.25, 0.3) is 5.65 Å². The minimum atomic E-state index is 0.522. The molecule has 2 heterocycles. The van der Waals surface area contributed by atoms with Crippen LogP contribution < -0.4 is 0 Å². The van der Waals surface area contributed by atoms with Crippen molar-refractivity contribution in [1.29, 1.82) is 5.26 Å². The van der Waals surface area contributed by atoms with Gasteiger partial charge in [0.15, 0.2) is 5.65 Å². The van der Waals surface area contributed by atoms with Gasteiger partial charge in [-0.15, -0.1) is 0 Å². The Balaban J connectivity index is 2.33. The molecule has 0 unspecified atom stereocenters. The third-order valence-electron chi connectivity index (χ3n) is 1.83. The second-order valence-corrected chi connectivity index (χ2v) is 2.75. The average Bonchev–Trinajstić information content (AvgIpc) is 2.61. The highest BCUT2D eigenvalue weighted by Crippen LogP contribution is 2.03. The summed E-state index contributed by atoms with van der Waals surface area (Å²) in [6.07, 6.45) is 6.65. The van der Waals surface area contributed by atoms with Crippen LogP contribution >= 0.6 is 0 Å². The number of nitriles is 1. The first-order chi connectivity index (χ1) is 6.40. The fourth-order valence-corrected chi connectivity index (χ4v) is 1.18. The topological polar surface area (TPSA) is 54.0 Å². The summed E-state index contributed by atoms with van der Waals surface area (Å²) in [5.74, 6) is 0. The van der Waals surface area contributed by atoms with Crippen molar-refractivity contribution >= 4 is 5.65 Å². The quantitative estimate of drug-likeness (QED) is 0.683. The lowest BCUT2D eigenvalue weighted by Crippen LogP contribution is -1.93. The number of fused-ring (bicyclic) bond motifs is 1. The molecule has 2 rings (SSSR count). The summed E-state index contributed by atoms with van der Waals surface area (Å²) < 4.78 is 1.71. The molecule has 2 aromatic rings. The summed E-state index contributed by atoms with van der Waals surface area (Å²) in [4.78, 5) is 4.19. The van der Waals surface area contributed by atoms with Gasteiger partial charge in [0, 0.05) is 24.9 Å². The van der Waals surface area contributed by atoms with E-state index in [1.165, 1.54) is 0 Å². The molecule has 0 radical (unpaired) electrons. The molecule has 0 aromatic carbocycles. The number of hydrogen-bond donors (Lipinski definition) is 0. The predicted octanol–water partition coefficient (Wildman–Crippen LogP) is 1.19. The van der Waals surface area contributed by atoms with Gasteiger partial charge in [-0.05, 0) is 12.0 Å². The zero-order valence-corrected chi connectivity index (χ0v) is 7.01. The van der Waals surface area contributed by atoms with Crippen LogP contribution in [0.15, 0.2) is 24.7 Å². The summed E-state index contributed by atoms with van der Waals surface area (Å²) in [7, 11) is 0. The first-order valence-corrected chi connectivity index (χ1v) is 4.05. The second-order valence-electron chi connectivity index (χ2n) is 2.75. The molecular formula is C9H8N4. The van der Waals surface area contributed by atoms with Crippen LogP contribution in [0.3, 0.4) is 0 Å². The SMILES string of the molecule is N#CCCc1cnc2ccnn2c1. The first kappa shape index (κ1) is 7.74. The van der Waals surface area contributed by atoms with Gasteiger partial charge in [0.1, 0.15) is 0 Å². The molecule has 0 fully saturated rings. The summed E-state index contributed by atoms with van der Waals surface area (Å²) in [6.45, 7) is 0. The Hall–Kier alpha value is -1.89. The van der Waals surface area contributed by atoms with Crippen molar-refractivity contribution in [3.63, 3.8) is 0 Å². The van der Waals surface area contributed by atoms with E-state index in [9.17, 15) is 0 Å². The maximum Gasteiger partial charge on any atom is 0.154 e. The molecule has 13 heavy (non-hydrogen) atoms. The Kier molecular flexibility index (Phi) is 1.93. The van der Waals surface area contributed by atoms with Gasteiger partial charge >= 0.3 is 0 Å². The van der Waals surface area contributed by atoms with Crippen molar-refractivity contribution in [2.75, 3.05) is 0 Å². The molecule has 64 valence electrons. The number of aromatic nitrogens is 3. The van der Waals surface area contributed by atoms with Crippen molar-refractivity contribution in [1.82, 2.24) is 14.6 Å². The van der Waals surface area contributed by atoms with Gasteiger partial charge in [-0.25, -0.2) is 9.50 Å². The molecule has 0 aliphatic rings. The predicted molar refractivity (Wildman–Crippen MR) is 46.9 cm³/mol. The van der Waals surface area contributed by atoms with E-state index in [0.29, 0.717) is 6.42 Å². The molecule has 0 spiro atoms. The summed E-state index contributed by atoms with van der Waals surface area (Å²) in [6, 6.07) is 3.94. The van der Waals surface area contributed by atoms with Crippen LogP contribution in [-0.4, -0.2) is 14.6 Å². The highest BCUT2D eigenvalue weighted by atomic mass is 15.2. The van der Waals surface area contributed by atoms with Crippen molar-refractivity contribution in [2.24, 2.45) is 0 Å². The Labute approximate surface area is 75.4 Å². The fraction of sp³-hybridized carbons (Fsp3) is 0.222. The highest BCUT2D eigenvalue weighted by molar-refractivity contribution is 5.35. The Morgan fingerprint density at radius 1 is 1.54 bits per heavy atom. The van der Waals surface area contributed by atoms with Crippen LogP contribution in [-0.2, 0) is 6.42 Å². The first-order valence-electron chi connectivity index (χ1n) is 4.05. The Morgan fingerprint density at radius 2 is 2.46 bits per heavy atom. The zero-order valence-electron chi connectivity index (χ0n) is 7.01. The lowest BCUT2D eigenvalue weighted by Gasteiger charge is -1.97. The minimum absolute atomic E-state index is 0.522. The van der Waals surface area contributed by atoms with Crippen molar-refractivity contribution in [2.45, 2.75) is 12.8 Å². The van der Waals surface area contributed by atoms with Crippen LogP contribution in [0.2, 0.25) is 0 Å². The third kappa shape index (κ3) is 1.49. The second kappa shape index (κ2) is 3.23. The summed E-state index contributed by atoms with van der Waals surface area (Å²) in [5, 5.41) is 12.5. The number of nitrogens with zero attached hydrogens (tertiary/aromatic N) is 4.